The Hall–Kier alpha value is -1.80. The fourth-order valence-corrected chi connectivity index (χ4v) is 2.69. The van der Waals surface area contributed by atoms with E-state index in [1.54, 1.807) is 11.9 Å². The van der Waals surface area contributed by atoms with Crippen molar-refractivity contribution in [2.45, 2.75) is 23.8 Å². The van der Waals surface area contributed by atoms with Crippen molar-refractivity contribution in [2.75, 3.05) is 31.3 Å². The molecule has 0 heterocycles. The minimum Gasteiger partial charge on any atom is -0.397 e. The Morgan fingerprint density at radius 1 is 1.43 bits per heavy atom. The van der Waals surface area contributed by atoms with Crippen LogP contribution >= 0.6 is 0 Å². The van der Waals surface area contributed by atoms with Gasteiger partial charge in [-0.2, -0.15) is 0 Å². The van der Waals surface area contributed by atoms with Crippen molar-refractivity contribution < 1.29 is 13.2 Å². The van der Waals surface area contributed by atoms with Crippen molar-refractivity contribution in [1.82, 2.24) is 10.0 Å². The van der Waals surface area contributed by atoms with Gasteiger partial charge in [0, 0.05) is 13.1 Å². The molecule has 0 atom stereocenters. The van der Waals surface area contributed by atoms with Gasteiger partial charge in [-0.1, -0.05) is 0 Å². The fraction of sp³-hybridized carbons (Fsp3) is 0.462. The lowest BCUT2D eigenvalue weighted by atomic mass is 10.2. The monoisotopic (exact) mass is 312 g/mol. The van der Waals surface area contributed by atoms with Crippen LogP contribution in [-0.4, -0.2) is 41.0 Å². The Balaban J connectivity index is 2.17. The van der Waals surface area contributed by atoms with E-state index < -0.39 is 10.0 Å². The Morgan fingerprint density at radius 2 is 2.10 bits per heavy atom. The summed E-state index contributed by atoms with van der Waals surface area (Å²) >= 11 is 0. The highest BCUT2D eigenvalue weighted by Crippen LogP contribution is 2.26. The molecule has 2 rings (SSSR count). The van der Waals surface area contributed by atoms with Crippen molar-refractivity contribution in [3.63, 3.8) is 0 Å². The Bertz CT molecular complexity index is 641. The Kier molecular flexibility index (Phi) is 4.38. The molecule has 0 aromatic heterocycles. The van der Waals surface area contributed by atoms with Gasteiger partial charge in [-0.05, 0) is 38.1 Å². The van der Waals surface area contributed by atoms with Gasteiger partial charge < -0.3 is 16.0 Å². The van der Waals surface area contributed by atoms with E-state index in [1.165, 1.54) is 25.2 Å². The topological polar surface area (TPSA) is 105 Å². The number of rotatable bonds is 6. The number of nitrogens with two attached hydrogens (primary N) is 1. The first-order valence-corrected chi connectivity index (χ1v) is 8.15. The molecule has 7 nitrogen and oxygen atoms in total. The minimum atomic E-state index is -3.54. The summed E-state index contributed by atoms with van der Waals surface area (Å²) in [6, 6.07) is 4.71. The van der Waals surface area contributed by atoms with Gasteiger partial charge in [0.1, 0.15) is 0 Å². The van der Waals surface area contributed by atoms with E-state index in [0.29, 0.717) is 17.4 Å². The van der Waals surface area contributed by atoms with E-state index in [4.69, 9.17) is 5.73 Å². The van der Waals surface area contributed by atoms with Crippen LogP contribution < -0.4 is 20.7 Å². The molecule has 1 aliphatic rings. The molecule has 1 saturated carbocycles. The third-order valence-corrected chi connectivity index (χ3v) is 4.73. The molecule has 1 amide bonds. The van der Waals surface area contributed by atoms with Crippen LogP contribution in [0.5, 0.6) is 0 Å². The number of hydrogen-bond acceptors (Lipinski definition) is 5. The van der Waals surface area contributed by atoms with Gasteiger partial charge in [-0.25, -0.2) is 13.1 Å². The zero-order valence-electron chi connectivity index (χ0n) is 12.1. The molecule has 0 saturated heterocycles. The van der Waals surface area contributed by atoms with Crippen LogP contribution in [-0.2, 0) is 14.8 Å². The number of carbonyl (C=O) groups is 1. The molecule has 0 bridgehead atoms. The first kappa shape index (κ1) is 15.6. The number of amides is 1. The van der Waals surface area contributed by atoms with E-state index in [9.17, 15) is 13.2 Å². The van der Waals surface area contributed by atoms with E-state index in [2.05, 4.69) is 10.0 Å². The van der Waals surface area contributed by atoms with Gasteiger partial charge in [-0.15, -0.1) is 0 Å². The second kappa shape index (κ2) is 5.90. The third kappa shape index (κ3) is 3.85. The molecule has 0 unspecified atom stereocenters. The molecule has 4 N–H and O–H groups in total. The summed E-state index contributed by atoms with van der Waals surface area (Å²) < 4.78 is 25.9. The maximum Gasteiger partial charge on any atom is 0.240 e. The number of likely N-dealkylation sites (N-methyl/N-ethyl adjacent to an activating group) is 1. The van der Waals surface area contributed by atoms with Crippen LogP contribution in [0.4, 0.5) is 11.4 Å². The average molecular weight is 312 g/mol. The zero-order chi connectivity index (χ0) is 15.6. The fourth-order valence-electron chi connectivity index (χ4n) is 1.94. The van der Waals surface area contributed by atoms with Gasteiger partial charge in [-0.3, -0.25) is 4.79 Å². The van der Waals surface area contributed by atoms with Crippen LogP contribution in [0.3, 0.4) is 0 Å². The van der Waals surface area contributed by atoms with Crippen molar-refractivity contribution in [2.24, 2.45) is 0 Å². The molecule has 8 heteroatoms. The van der Waals surface area contributed by atoms with Crippen molar-refractivity contribution in [1.29, 1.82) is 0 Å². The number of nitrogens with zero attached hydrogens (tertiary/aromatic N) is 1. The molecule has 116 valence electrons. The highest BCUT2D eigenvalue weighted by molar-refractivity contribution is 7.89. The third-order valence-electron chi connectivity index (χ3n) is 3.32. The first-order chi connectivity index (χ1) is 9.83. The van der Waals surface area contributed by atoms with E-state index in [1.807, 2.05) is 0 Å². The summed E-state index contributed by atoms with van der Waals surface area (Å²) in [5.41, 5.74) is 6.81. The SMILES string of the molecule is CNS(=O)(=O)c1ccc(N)c(N(C)CC(=O)NC2CC2)c1. The van der Waals surface area contributed by atoms with Gasteiger partial charge in [0.05, 0.1) is 22.8 Å². The van der Waals surface area contributed by atoms with Gasteiger partial charge in [0.25, 0.3) is 0 Å². The maximum atomic E-state index is 11.8. The molecule has 1 aliphatic carbocycles. The second-order valence-corrected chi connectivity index (χ2v) is 7.01. The van der Waals surface area contributed by atoms with Crippen LogP contribution in [0, 0.1) is 0 Å². The molecule has 0 spiro atoms. The predicted molar refractivity (Wildman–Crippen MR) is 81.5 cm³/mol. The molecular formula is C13H20N4O3S. The van der Waals surface area contributed by atoms with Gasteiger partial charge >= 0.3 is 0 Å². The van der Waals surface area contributed by atoms with Crippen molar-refractivity contribution >= 4 is 27.3 Å². The lowest BCUT2D eigenvalue weighted by Gasteiger charge is -2.21. The van der Waals surface area contributed by atoms with E-state index in [0.717, 1.165) is 12.8 Å². The quantitative estimate of drug-likeness (QED) is 0.636. The lowest BCUT2D eigenvalue weighted by Crippen LogP contribution is -2.36. The van der Waals surface area contributed by atoms with E-state index >= 15 is 0 Å². The molecule has 1 fully saturated rings. The largest absolute Gasteiger partial charge is 0.397 e. The standard InChI is InChI=1S/C13H20N4O3S/c1-15-21(19,20)10-5-6-11(14)12(7-10)17(2)8-13(18)16-9-3-4-9/h5-7,9,15H,3-4,8,14H2,1-2H3,(H,16,18). The second-order valence-electron chi connectivity index (χ2n) is 5.13. The van der Waals surface area contributed by atoms with Crippen molar-refractivity contribution in [3.05, 3.63) is 18.2 Å². The number of carbonyl (C=O) groups excluding carboxylic acids is 1. The zero-order valence-corrected chi connectivity index (χ0v) is 12.9. The van der Waals surface area contributed by atoms with Crippen LogP contribution in [0.15, 0.2) is 23.1 Å². The summed E-state index contributed by atoms with van der Waals surface area (Å²) in [7, 11) is -0.493. The highest BCUT2D eigenvalue weighted by Gasteiger charge is 2.24. The molecular weight excluding hydrogens is 292 g/mol. The van der Waals surface area contributed by atoms with E-state index in [-0.39, 0.29) is 17.3 Å². The summed E-state index contributed by atoms with van der Waals surface area (Å²) in [6.07, 6.45) is 2.04. The summed E-state index contributed by atoms with van der Waals surface area (Å²) in [5, 5.41) is 2.88. The summed E-state index contributed by atoms with van der Waals surface area (Å²) in [6.45, 7) is 0.129. The van der Waals surface area contributed by atoms with Crippen LogP contribution in [0.1, 0.15) is 12.8 Å². The molecule has 1 aromatic rings. The summed E-state index contributed by atoms with van der Waals surface area (Å²) in [5.74, 6) is -0.0960. The highest BCUT2D eigenvalue weighted by atomic mass is 32.2. The van der Waals surface area contributed by atoms with Gasteiger partial charge in [0.15, 0.2) is 0 Å². The Morgan fingerprint density at radius 3 is 2.67 bits per heavy atom. The number of nitrogen functional groups attached to an aromatic ring is 1. The number of sulfonamides is 1. The van der Waals surface area contributed by atoms with Crippen LogP contribution in [0.2, 0.25) is 0 Å². The number of hydrogen-bond donors (Lipinski definition) is 3. The number of benzene rings is 1. The van der Waals surface area contributed by atoms with Crippen LogP contribution in [0.25, 0.3) is 0 Å². The maximum absolute atomic E-state index is 11.8. The molecule has 0 aliphatic heterocycles. The minimum absolute atomic E-state index is 0.0960. The van der Waals surface area contributed by atoms with Gasteiger partial charge in [0.2, 0.25) is 15.9 Å². The normalized spacial score (nSPS) is 14.8. The average Bonchev–Trinajstić information content (AvgIpc) is 3.22. The Labute approximate surface area is 124 Å². The molecule has 1 aromatic carbocycles. The van der Waals surface area contributed by atoms with Crippen molar-refractivity contribution in [3.8, 4) is 0 Å². The first-order valence-electron chi connectivity index (χ1n) is 6.67. The summed E-state index contributed by atoms with van der Waals surface area (Å²) in [4.78, 5) is 13.6. The predicted octanol–water partition coefficient (Wildman–Crippen LogP) is -0.108. The molecule has 0 radical (unpaired) electrons. The smallest absolute Gasteiger partial charge is 0.240 e. The molecule has 21 heavy (non-hydrogen) atoms. The number of nitrogens with one attached hydrogen (secondary N) is 2. The number of anilines is 2. The lowest BCUT2D eigenvalue weighted by molar-refractivity contribution is -0.119.